The van der Waals surface area contributed by atoms with Crippen molar-refractivity contribution in [1.29, 1.82) is 0 Å². The molecule has 2 aromatic rings. The van der Waals surface area contributed by atoms with Crippen molar-refractivity contribution in [3.63, 3.8) is 0 Å². The second kappa shape index (κ2) is 7.45. The van der Waals surface area contributed by atoms with E-state index in [1.54, 1.807) is 37.4 Å². The molecular formula is C18H20N2O3. The van der Waals surface area contributed by atoms with Gasteiger partial charge in [-0.3, -0.25) is 9.59 Å². The van der Waals surface area contributed by atoms with Gasteiger partial charge in [0.2, 0.25) is 5.91 Å². The fourth-order valence-electron chi connectivity index (χ4n) is 2.02. The summed E-state index contributed by atoms with van der Waals surface area (Å²) in [6, 6.07) is 12.4. The number of ether oxygens (including phenoxy) is 1. The van der Waals surface area contributed by atoms with Crippen LogP contribution in [0.3, 0.4) is 0 Å². The molecule has 0 aliphatic rings. The lowest BCUT2D eigenvalue weighted by Crippen LogP contribution is -2.32. The third kappa shape index (κ3) is 4.57. The van der Waals surface area contributed by atoms with Crippen LogP contribution in [0.5, 0.6) is 5.75 Å². The van der Waals surface area contributed by atoms with E-state index in [1.807, 2.05) is 26.0 Å². The first-order valence-electron chi connectivity index (χ1n) is 7.29. The van der Waals surface area contributed by atoms with E-state index in [1.165, 1.54) is 0 Å². The van der Waals surface area contributed by atoms with Gasteiger partial charge in [-0.2, -0.15) is 0 Å². The number of anilines is 1. The standard InChI is InChI=1S/C18H20N2O3/c1-12-4-5-14(10-13(12)2)18(22)19-11-17(21)20-15-6-8-16(23-3)9-7-15/h4-10H,11H2,1-3H3,(H,19,22)(H,20,21). The number of carbonyl (C=O) groups is 2. The second-order valence-electron chi connectivity index (χ2n) is 5.26. The number of benzene rings is 2. The predicted molar refractivity (Wildman–Crippen MR) is 89.9 cm³/mol. The van der Waals surface area contributed by atoms with E-state index in [9.17, 15) is 9.59 Å². The second-order valence-corrected chi connectivity index (χ2v) is 5.26. The average molecular weight is 312 g/mol. The van der Waals surface area contributed by atoms with E-state index in [0.29, 0.717) is 17.0 Å². The molecule has 2 N–H and O–H groups in total. The first-order chi connectivity index (χ1) is 11.0. The third-order valence-electron chi connectivity index (χ3n) is 3.55. The number of nitrogens with one attached hydrogen (secondary N) is 2. The van der Waals surface area contributed by atoms with Crippen LogP contribution in [0.15, 0.2) is 42.5 Å². The van der Waals surface area contributed by atoms with Crippen LogP contribution < -0.4 is 15.4 Å². The Balaban J connectivity index is 1.87. The molecule has 0 heterocycles. The number of methoxy groups -OCH3 is 1. The Morgan fingerprint density at radius 1 is 1.00 bits per heavy atom. The first-order valence-corrected chi connectivity index (χ1v) is 7.29. The van der Waals surface area contributed by atoms with Crippen LogP contribution in [0.25, 0.3) is 0 Å². The molecule has 120 valence electrons. The van der Waals surface area contributed by atoms with Gasteiger partial charge in [0.1, 0.15) is 5.75 Å². The van der Waals surface area contributed by atoms with Gasteiger partial charge in [-0.25, -0.2) is 0 Å². The van der Waals surface area contributed by atoms with E-state index in [4.69, 9.17) is 4.74 Å². The van der Waals surface area contributed by atoms with Crippen molar-refractivity contribution < 1.29 is 14.3 Å². The molecule has 0 saturated heterocycles. The van der Waals surface area contributed by atoms with Crippen LogP contribution in [0.4, 0.5) is 5.69 Å². The van der Waals surface area contributed by atoms with Crippen molar-refractivity contribution in [2.45, 2.75) is 13.8 Å². The minimum Gasteiger partial charge on any atom is -0.497 e. The highest BCUT2D eigenvalue weighted by Gasteiger charge is 2.09. The summed E-state index contributed by atoms with van der Waals surface area (Å²) in [5.74, 6) is 0.163. The van der Waals surface area contributed by atoms with Gasteiger partial charge in [0, 0.05) is 11.3 Å². The third-order valence-corrected chi connectivity index (χ3v) is 3.55. The predicted octanol–water partition coefficient (Wildman–Crippen LogP) is 2.68. The van der Waals surface area contributed by atoms with Crippen molar-refractivity contribution in [3.8, 4) is 5.75 Å². The lowest BCUT2D eigenvalue weighted by atomic mass is 10.1. The van der Waals surface area contributed by atoms with Crippen molar-refractivity contribution in [2.24, 2.45) is 0 Å². The van der Waals surface area contributed by atoms with Gasteiger partial charge in [0.15, 0.2) is 0 Å². The van der Waals surface area contributed by atoms with E-state index < -0.39 is 0 Å². The quantitative estimate of drug-likeness (QED) is 0.892. The molecule has 5 heteroatoms. The Bertz CT molecular complexity index is 709. The summed E-state index contributed by atoms with van der Waals surface area (Å²) >= 11 is 0. The summed E-state index contributed by atoms with van der Waals surface area (Å²) < 4.78 is 5.05. The van der Waals surface area contributed by atoms with Crippen molar-refractivity contribution in [3.05, 3.63) is 59.2 Å². The van der Waals surface area contributed by atoms with E-state index in [0.717, 1.165) is 11.1 Å². The molecule has 2 amide bonds. The minimum absolute atomic E-state index is 0.0855. The summed E-state index contributed by atoms with van der Waals surface area (Å²) in [6.45, 7) is 3.85. The van der Waals surface area contributed by atoms with Crippen LogP contribution in [0, 0.1) is 13.8 Å². The number of carbonyl (C=O) groups excluding carboxylic acids is 2. The van der Waals surface area contributed by atoms with Crippen molar-refractivity contribution in [2.75, 3.05) is 19.0 Å². The molecule has 5 nitrogen and oxygen atoms in total. The SMILES string of the molecule is COc1ccc(NC(=O)CNC(=O)c2ccc(C)c(C)c2)cc1. The van der Waals surface area contributed by atoms with Crippen LogP contribution in [0.2, 0.25) is 0 Å². The van der Waals surface area contributed by atoms with E-state index in [2.05, 4.69) is 10.6 Å². The first kappa shape index (κ1) is 16.5. The molecule has 0 unspecified atom stereocenters. The maximum absolute atomic E-state index is 12.0. The minimum atomic E-state index is -0.285. The fraction of sp³-hybridized carbons (Fsp3) is 0.222. The zero-order valence-corrected chi connectivity index (χ0v) is 13.5. The normalized spacial score (nSPS) is 10.0. The van der Waals surface area contributed by atoms with E-state index >= 15 is 0 Å². The van der Waals surface area contributed by atoms with Gasteiger partial charge in [0.25, 0.3) is 5.91 Å². The highest BCUT2D eigenvalue weighted by atomic mass is 16.5. The number of aryl methyl sites for hydroxylation is 2. The Kier molecular flexibility index (Phi) is 5.36. The molecule has 0 aliphatic carbocycles. The monoisotopic (exact) mass is 312 g/mol. The summed E-state index contributed by atoms with van der Waals surface area (Å²) in [5.41, 5.74) is 3.36. The van der Waals surface area contributed by atoms with Crippen LogP contribution in [0.1, 0.15) is 21.5 Å². The Morgan fingerprint density at radius 2 is 1.70 bits per heavy atom. The molecular weight excluding hydrogens is 292 g/mol. The molecule has 2 rings (SSSR count). The van der Waals surface area contributed by atoms with Gasteiger partial charge in [0.05, 0.1) is 13.7 Å². The summed E-state index contributed by atoms with van der Waals surface area (Å²) in [6.07, 6.45) is 0. The van der Waals surface area contributed by atoms with Crippen LogP contribution >= 0.6 is 0 Å². The van der Waals surface area contributed by atoms with Gasteiger partial charge in [-0.1, -0.05) is 6.07 Å². The summed E-state index contributed by atoms with van der Waals surface area (Å²) in [5, 5.41) is 5.32. The molecule has 23 heavy (non-hydrogen) atoms. The summed E-state index contributed by atoms with van der Waals surface area (Å²) in [7, 11) is 1.58. The number of hydrogen-bond acceptors (Lipinski definition) is 3. The molecule has 0 fully saturated rings. The Hall–Kier alpha value is -2.82. The summed E-state index contributed by atoms with van der Waals surface area (Å²) in [4.78, 5) is 23.9. The largest absolute Gasteiger partial charge is 0.497 e. The number of amides is 2. The molecule has 0 atom stereocenters. The molecule has 0 aromatic heterocycles. The number of rotatable bonds is 5. The van der Waals surface area contributed by atoms with Gasteiger partial charge < -0.3 is 15.4 Å². The lowest BCUT2D eigenvalue weighted by molar-refractivity contribution is -0.115. The highest BCUT2D eigenvalue weighted by Crippen LogP contribution is 2.14. The van der Waals surface area contributed by atoms with Crippen molar-refractivity contribution in [1.82, 2.24) is 5.32 Å². The molecule has 0 radical (unpaired) electrons. The molecule has 2 aromatic carbocycles. The Morgan fingerprint density at radius 3 is 2.30 bits per heavy atom. The average Bonchev–Trinajstić information content (AvgIpc) is 2.56. The zero-order valence-electron chi connectivity index (χ0n) is 13.5. The molecule has 0 bridgehead atoms. The maximum atomic E-state index is 12.0. The van der Waals surface area contributed by atoms with Crippen LogP contribution in [-0.4, -0.2) is 25.5 Å². The molecule has 0 saturated carbocycles. The van der Waals surface area contributed by atoms with Gasteiger partial charge in [-0.15, -0.1) is 0 Å². The smallest absolute Gasteiger partial charge is 0.251 e. The van der Waals surface area contributed by atoms with Gasteiger partial charge in [-0.05, 0) is 61.4 Å². The topological polar surface area (TPSA) is 67.4 Å². The molecule has 0 aliphatic heterocycles. The van der Waals surface area contributed by atoms with E-state index in [-0.39, 0.29) is 18.4 Å². The highest BCUT2D eigenvalue weighted by molar-refractivity contribution is 5.99. The Labute approximate surface area is 135 Å². The number of hydrogen-bond donors (Lipinski definition) is 2. The lowest BCUT2D eigenvalue weighted by Gasteiger charge is -2.08. The van der Waals surface area contributed by atoms with Crippen LogP contribution in [-0.2, 0) is 4.79 Å². The zero-order chi connectivity index (χ0) is 16.8. The van der Waals surface area contributed by atoms with Gasteiger partial charge >= 0.3 is 0 Å². The fourth-order valence-corrected chi connectivity index (χ4v) is 2.02. The maximum Gasteiger partial charge on any atom is 0.251 e. The molecule has 0 spiro atoms. The van der Waals surface area contributed by atoms with Crippen molar-refractivity contribution >= 4 is 17.5 Å².